The van der Waals surface area contributed by atoms with E-state index in [-0.39, 0.29) is 31.1 Å². The molecule has 82 heavy (non-hydrogen) atoms. The van der Waals surface area contributed by atoms with Gasteiger partial charge in [0.15, 0.2) is 6.10 Å². The lowest BCUT2D eigenvalue weighted by atomic mass is 10.0. The smallest absolute Gasteiger partial charge is 0.306 e. The average Bonchev–Trinajstić information content (AvgIpc) is 3.47. The van der Waals surface area contributed by atoms with Gasteiger partial charge in [0.2, 0.25) is 0 Å². The van der Waals surface area contributed by atoms with E-state index in [1.54, 1.807) is 0 Å². The first-order valence-electron chi connectivity index (χ1n) is 37.0. The number of allylic oxidation sites excluding steroid dienone is 6. The number of hydrogen-bond donors (Lipinski definition) is 0. The number of carbonyl (C=O) groups excluding carboxylic acids is 3. The second-order valence-corrected chi connectivity index (χ2v) is 25.2. The van der Waals surface area contributed by atoms with Crippen molar-refractivity contribution in [2.24, 2.45) is 0 Å². The first-order valence-corrected chi connectivity index (χ1v) is 37.0. The number of unbranched alkanes of at least 4 members (excludes halogenated alkanes) is 52. The molecule has 0 amide bonds. The molecular formula is C76H142O6. The highest BCUT2D eigenvalue weighted by Gasteiger charge is 2.19. The van der Waals surface area contributed by atoms with Crippen LogP contribution in [0.25, 0.3) is 0 Å². The summed E-state index contributed by atoms with van der Waals surface area (Å²) in [6.07, 6.45) is 89.2. The molecule has 1 unspecified atom stereocenters. The molecule has 482 valence electrons. The number of esters is 3. The average molecular weight is 1150 g/mol. The summed E-state index contributed by atoms with van der Waals surface area (Å²) in [5.41, 5.74) is 0. The molecule has 0 bridgehead atoms. The van der Waals surface area contributed by atoms with Gasteiger partial charge in [0.1, 0.15) is 13.2 Å². The molecule has 0 saturated heterocycles. The van der Waals surface area contributed by atoms with Crippen LogP contribution >= 0.6 is 0 Å². The van der Waals surface area contributed by atoms with E-state index in [1.165, 1.54) is 283 Å². The van der Waals surface area contributed by atoms with Crippen LogP contribution in [0.15, 0.2) is 36.5 Å². The summed E-state index contributed by atoms with van der Waals surface area (Å²) in [6.45, 7) is 6.67. The lowest BCUT2D eigenvalue weighted by Gasteiger charge is -2.18. The molecule has 0 aliphatic heterocycles. The molecular weight excluding hydrogens is 1010 g/mol. The summed E-state index contributed by atoms with van der Waals surface area (Å²) in [5.74, 6) is -0.872. The van der Waals surface area contributed by atoms with Crippen LogP contribution in [-0.4, -0.2) is 37.2 Å². The van der Waals surface area contributed by atoms with Crippen LogP contribution in [0.3, 0.4) is 0 Å². The van der Waals surface area contributed by atoms with Crippen LogP contribution in [0.1, 0.15) is 412 Å². The second-order valence-electron chi connectivity index (χ2n) is 25.2. The molecule has 6 nitrogen and oxygen atoms in total. The molecule has 1 atom stereocenters. The van der Waals surface area contributed by atoms with Gasteiger partial charge >= 0.3 is 17.9 Å². The highest BCUT2D eigenvalue weighted by molar-refractivity contribution is 5.71. The summed E-state index contributed by atoms with van der Waals surface area (Å²) in [6, 6.07) is 0. The fourth-order valence-electron chi connectivity index (χ4n) is 11.3. The number of carbonyl (C=O) groups is 3. The molecule has 0 aliphatic carbocycles. The predicted molar refractivity (Wildman–Crippen MR) is 358 cm³/mol. The summed E-state index contributed by atoms with van der Waals surface area (Å²) < 4.78 is 17.0. The zero-order valence-electron chi connectivity index (χ0n) is 55.5. The van der Waals surface area contributed by atoms with Gasteiger partial charge in [-0.3, -0.25) is 14.4 Å². The molecule has 0 fully saturated rings. The minimum absolute atomic E-state index is 0.0762. The van der Waals surface area contributed by atoms with Gasteiger partial charge in [-0.1, -0.05) is 353 Å². The number of ether oxygens (including phenoxy) is 3. The first kappa shape index (κ1) is 79.6. The third-order valence-corrected chi connectivity index (χ3v) is 16.9. The highest BCUT2D eigenvalue weighted by atomic mass is 16.6. The minimum Gasteiger partial charge on any atom is -0.462 e. The summed E-state index contributed by atoms with van der Waals surface area (Å²) >= 11 is 0. The van der Waals surface area contributed by atoms with Crippen molar-refractivity contribution in [3.63, 3.8) is 0 Å². The lowest BCUT2D eigenvalue weighted by Crippen LogP contribution is -2.30. The number of hydrogen-bond acceptors (Lipinski definition) is 6. The van der Waals surface area contributed by atoms with Crippen molar-refractivity contribution in [2.45, 2.75) is 419 Å². The van der Waals surface area contributed by atoms with Crippen LogP contribution in [0.5, 0.6) is 0 Å². The van der Waals surface area contributed by atoms with Crippen molar-refractivity contribution < 1.29 is 28.6 Å². The predicted octanol–water partition coefficient (Wildman–Crippen LogP) is 25.5. The summed E-state index contributed by atoms with van der Waals surface area (Å²) in [7, 11) is 0. The SMILES string of the molecule is CCCCCC/C=C\C/C=C\CCCCCCCC(=O)OC(COC(=O)CCCCCCC/C=C\CCCCCCCC)COC(=O)CCCCCCCCCCCCCCCCCCCCCCCCCCCCCCCCCCC. The van der Waals surface area contributed by atoms with E-state index in [2.05, 4.69) is 57.2 Å². The standard InChI is InChI=1S/C76H142O6/c1-4-7-10-13-16-19-22-25-28-30-31-32-33-34-35-36-37-38-39-40-41-42-43-44-45-46-49-51-54-57-60-63-66-69-75(78)81-72-73(71-80-74(77)68-65-62-59-56-53-50-47-27-24-21-18-15-12-9-6-3)82-76(79)70-67-64-61-58-55-52-48-29-26-23-20-17-14-11-8-5-2/h20,23,27,29,47-48,73H,4-19,21-22,24-26,28,30-46,49-72H2,1-3H3/b23-20-,47-27-,48-29-. The van der Waals surface area contributed by atoms with Gasteiger partial charge in [0, 0.05) is 19.3 Å². The van der Waals surface area contributed by atoms with Crippen molar-refractivity contribution in [1.29, 1.82) is 0 Å². The second kappa shape index (κ2) is 71.1. The van der Waals surface area contributed by atoms with E-state index in [1.807, 2.05) is 0 Å². The van der Waals surface area contributed by atoms with Gasteiger partial charge in [-0.05, 0) is 77.0 Å². The summed E-state index contributed by atoms with van der Waals surface area (Å²) in [5, 5.41) is 0. The molecule has 6 heteroatoms. The van der Waals surface area contributed by atoms with Crippen molar-refractivity contribution >= 4 is 17.9 Å². The van der Waals surface area contributed by atoms with Gasteiger partial charge in [-0.2, -0.15) is 0 Å². The fraction of sp³-hybridized carbons (Fsp3) is 0.882. The zero-order chi connectivity index (χ0) is 59.2. The van der Waals surface area contributed by atoms with E-state index in [9.17, 15) is 14.4 Å². The van der Waals surface area contributed by atoms with E-state index >= 15 is 0 Å². The van der Waals surface area contributed by atoms with Crippen LogP contribution in [0.2, 0.25) is 0 Å². The maximum absolute atomic E-state index is 12.9. The Bertz CT molecular complexity index is 1370. The Hall–Kier alpha value is -2.37. The fourth-order valence-corrected chi connectivity index (χ4v) is 11.3. The maximum Gasteiger partial charge on any atom is 0.306 e. The van der Waals surface area contributed by atoms with E-state index < -0.39 is 6.10 Å². The van der Waals surface area contributed by atoms with Crippen molar-refractivity contribution in [2.75, 3.05) is 13.2 Å². The molecule has 0 saturated carbocycles. The molecule has 0 rings (SSSR count). The Morgan fingerprint density at radius 3 is 0.695 bits per heavy atom. The van der Waals surface area contributed by atoms with Crippen LogP contribution in [-0.2, 0) is 28.6 Å². The zero-order valence-corrected chi connectivity index (χ0v) is 55.5. The molecule has 0 N–H and O–H groups in total. The van der Waals surface area contributed by atoms with Gasteiger partial charge < -0.3 is 14.2 Å². The molecule has 0 aliphatic rings. The minimum atomic E-state index is -0.782. The van der Waals surface area contributed by atoms with Gasteiger partial charge in [0.25, 0.3) is 0 Å². The number of rotatable bonds is 69. The lowest BCUT2D eigenvalue weighted by molar-refractivity contribution is -0.167. The maximum atomic E-state index is 12.9. The Morgan fingerprint density at radius 1 is 0.244 bits per heavy atom. The Labute approximate surface area is 512 Å². The van der Waals surface area contributed by atoms with Gasteiger partial charge in [-0.25, -0.2) is 0 Å². The van der Waals surface area contributed by atoms with E-state index in [0.717, 1.165) is 89.9 Å². The van der Waals surface area contributed by atoms with Gasteiger partial charge in [0.05, 0.1) is 0 Å². The monoisotopic (exact) mass is 1150 g/mol. The molecule has 0 aromatic carbocycles. The van der Waals surface area contributed by atoms with E-state index in [4.69, 9.17) is 14.2 Å². The van der Waals surface area contributed by atoms with E-state index in [0.29, 0.717) is 19.3 Å². The largest absolute Gasteiger partial charge is 0.462 e. The van der Waals surface area contributed by atoms with Crippen LogP contribution < -0.4 is 0 Å². The molecule has 0 aromatic rings. The Morgan fingerprint density at radius 2 is 0.439 bits per heavy atom. The normalized spacial score (nSPS) is 12.2. The van der Waals surface area contributed by atoms with Gasteiger partial charge in [-0.15, -0.1) is 0 Å². The highest BCUT2D eigenvalue weighted by Crippen LogP contribution is 2.19. The third kappa shape index (κ3) is 68.4. The van der Waals surface area contributed by atoms with Crippen molar-refractivity contribution in [3.05, 3.63) is 36.5 Å². The summed E-state index contributed by atoms with van der Waals surface area (Å²) in [4.78, 5) is 38.4. The van der Waals surface area contributed by atoms with Crippen molar-refractivity contribution in [1.82, 2.24) is 0 Å². The molecule has 0 heterocycles. The Kier molecular flexibility index (Phi) is 69.1. The Balaban J connectivity index is 4.12. The topological polar surface area (TPSA) is 78.9 Å². The molecule has 0 aromatic heterocycles. The first-order chi connectivity index (χ1) is 40.5. The third-order valence-electron chi connectivity index (χ3n) is 16.9. The molecule has 0 radical (unpaired) electrons. The van der Waals surface area contributed by atoms with Crippen LogP contribution in [0.4, 0.5) is 0 Å². The quantitative estimate of drug-likeness (QED) is 0.0261. The van der Waals surface area contributed by atoms with Crippen molar-refractivity contribution in [3.8, 4) is 0 Å². The van der Waals surface area contributed by atoms with Crippen LogP contribution in [0, 0.1) is 0 Å². The molecule has 0 spiro atoms.